The number of anilines is 1. The van der Waals surface area contributed by atoms with Crippen LogP contribution in [0.3, 0.4) is 0 Å². The van der Waals surface area contributed by atoms with Crippen LogP contribution in [-0.4, -0.2) is 29.1 Å². The Hall–Kier alpha value is -0.870. The average Bonchev–Trinajstić information content (AvgIpc) is 2.54. The number of aromatic nitrogens is 2. The van der Waals surface area contributed by atoms with Gasteiger partial charge in [0.1, 0.15) is 0 Å². The van der Waals surface area contributed by atoms with E-state index in [0.717, 1.165) is 25.5 Å². The second-order valence-electron chi connectivity index (χ2n) is 3.04. The fraction of sp³-hybridized carbons (Fsp3) is 0.500. The van der Waals surface area contributed by atoms with Crippen molar-refractivity contribution in [1.29, 1.82) is 0 Å². The van der Waals surface area contributed by atoms with Crippen LogP contribution < -0.4 is 10.6 Å². The number of halogens is 1. The molecule has 0 bridgehead atoms. The van der Waals surface area contributed by atoms with Gasteiger partial charge in [-0.05, 0) is 12.5 Å². The lowest BCUT2D eigenvalue weighted by atomic mass is 10.3. The van der Waals surface area contributed by atoms with Crippen LogP contribution in [0, 0.1) is 0 Å². The molecule has 0 radical (unpaired) electrons. The van der Waals surface area contributed by atoms with E-state index in [2.05, 4.69) is 14.9 Å². The summed E-state index contributed by atoms with van der Waals surface area (Å²) in [5, 5.41) is 0. The molecule has 1 aliphatic rings. The van der Waals surface area contributed by atoms with E-state index in [1.807, 2.05) is 6.07 Å². The highest BCUT2D eigenvalue weighted by molar-refractivity contribution is 5.85. The van der Waals surface area contributed by atoms with E-state index in [1.165, 1.54) is 0 Å². The molecule has 0 amide bonds. The molecule has 0 saturated carbocycles. The van der Waals surface area contributed by atoms with Crippen LogP contribution >= 0.6 is 12.4 Å². The van der Waals surface area contributed by atoms with E-state index < -0.39 is 0 Å². The van der Waals surface area contributed by atoms with E-state index >= 15 is 0 Å². The summed E-state index contributed by atoms with van der Waals surface area (Å²) < 4.78 is 0. The molecule has 4 nitrogen and oxygen atoms in total. The first-order valence-electron chi connectivity index (χ1n) is 4.14. The van der Waals surface area contributed by atoms with Gasteiger partial charge in [-0.15, -0.1) is 12.4 Å². The molecule has 1 aliphatic heterocycles. The van der Waals surface area contributed by atoms with Gasteiger partial charge in [0, 0.05) is 31.5 Å². The smallest absolute Gasteiger partial charge is 0.225 e. The predicted octanol–water partition coefficient (Wildman–Crippen LogP) is 0.436. The van der Waals surface area contributed by atoms with Crippen molar-refractivity contribution in [2.24, 2.45) is 5.73 Å². The van der Waals surface area contributed by atoms with Crippen molar-refractivity contribution in [3.05, 3.63) is 18.5 Å². The number of rotatable bonds is 1. The zero-order valence-electron chi connectivity index (χ0n) is 7.26. The monoisotopic (exact) mass is 200 g/mol. The van der Waals surface area contributed by atoms with Crippen LogP contribution in [0.5, 0.6) is 0 Å². The molecule has 5 heteroatoms. The van der Waals surface area contributed by atoms with E-state index in [-0.39, 0.29) is 18.4 Å². The fourth-order valence-electron chi connectivity index (χ4n) is 1.42. The maximum absolute atomic E-state index is 5.77. The Morgan fingerprint density at radius 1 is 1.38 bits per heavy atom. The molecule has 1 saturated heterocycles. The summed E-state index contributed by atoms with van der Waals surface area (Å²) in [6.07, 6.45) is 4.55. The largest absolute Gasteiger partial charge is 0.339 e. The van der Waals surface area contributed by atoms with Gasteiger partial charge in [-0.1, -0.05) is 0 Å². The molecule has 1 atom stereocenters. The highest BCUT2D eigenvalue weighted by Gasteiger charge is 2.20. The van der Waals surface area contributed by atoms with Crippen molar-refractivity contribution < 1.29 is 0 Å². The van der Waals surface area contributed by atoms with Crippen LogP contribution in [0.4, 0.5) is 5.95 Å². The molecule has 0 spiro atoms. The number of nitrogens with zero attached hydrogens (tertiary/aromatic N) is 3. The minimum Gasteiger partial charge on any atom is -0.339 e. The molecule has 2 rings (SSSR count). The van der Waals surface area contributed by atoms with Gasteiger partial charge in [-0.3, -0.25) is 0 Å². The van der Waals surface area contributed by atoms with Gasteiger partial charge in [0.25, 0.3) is 0 Å². The quantitative estimate of drug-likeness (QED) is 0.715. The summed E-state index contributed by atoms with van der Waals surface area (Å²) in [6.45, 7) is 1.86. The summed E-state index contributed by atoms with van der Waals surface area (Å²) in [6, 6.07) is 2.10. The molecule has 72 valence electrons. The van der Waals surface area contributed by atoms with Crippen molar-refractivity contribution in [2.75, 3.05) is 18.0 Å². The summed E-state index contributed by atoms with van der Waals surface area (Å²) in [5.41, 5.74) is 5.77. The molecule has 1 aromatic rings. The molecular formula is C8H13ClN4. The maximum Gasteiger partial charge on any atom is 0.225 e. The molecule has 1 unspecified atom stereocenters. The maximum atomic E-state index is 5.77. The summed E-state index contributed by atoms with van der Waals surface area (Å²) >= 11 is 0. The first-order valence-corrected chi connectivity index (χ1v) is 4.14. The number of hydrogen-bond donors (Lipinski definition) is 1. The molecule has 1 fully saturated rings. The third-order valence-corrected chi connectivity index (χ3v) is 2.06. The summed E-state index contributed by atoms with van der Waals surface area (Å²) in [7, 11) is 0. The lowest BCUT2D eigenvalue weighted by Crippen LogP contribution is -2.27. The molecule has 13 heavy (non-hydrogen) atoms. The normalized spacial score (nSPS) is 21.3. The van der Waals surface area contributed by atoms with Crippen LogP contribution in [-0.2, 0) is 0 Å². The Balaban J connectivity index is 0.000000845. The number of nitrogens with two attached hydrogens (primary N) is 1. The standard InChI is InChI=1S/C8H12N4.ClH/c9-7-2-5-12(6-7)8-10-3-1-4-11-8;/h1,3-4,7H,2,5-6,9H2;1H. The third-order valence-electron chi connectivity index (χ3n) is 2.06. The van der Waals surface area contributed by atoms with E-state index in [1.54, 1.807) is 12.4 Å². The van der Waals surface area contributed by atoms with Gasteiger partial charge in [0.15, 0.2) is 0 Å². The SMILES string of the molecule is Cl.NC1CCN(c2ncccn2)C1. The van der Waals surface area contributed by atoms with Crippen LogP contribution in [0.1, 0.15) is 6.42 Å². The molecule has 0 aromatic carbocycles. The third kappa shape index (κ3) is 2.29. The van der Waals surface area contributed by atoms with Gasteiger partial charge < -0.3 is 10.6 Å². The van der Waals surface area contributed by atoms with Crippen LogP contribution in [0.15, 0.2) is 18.5 Å². The minimum absolute atomic E-state index is 0. The minimum atomic E-state index is 0. The van der Waals surface area contributed by atoms with Crippen LogP contribution in [0.2, 0.25) is 0 Å². The zero-order chi connectivity index (χ0) is 8.39. The Bertz CT molecular complexity index is 254. The summed E-state index contributed by atoms with van der Waals surface area (Å²) in [5.74, 6) is 0.797. The Labute approximate surface area is 83.6 Å². The topological polar surface area (TPSA) is 55.0 Å². The Kier molecular flexibility index (Phi) is 3.45. The average molecular weight is 201 g/mol. The van der Waals surface area contributed by atoms with Gasteiger partial charge in [-0.25, -0.2) is 9.97 Å². The van der Waals surface area contributed by atoms with Gasteiger partial charge in [0.2, 0.25) is 5.95 Å². The second-order valence-corrected chi connectivity index (χ2v) is 3.04. The molecule has 1 aromatic heterocycles. The highest BCUT2D eigenvalue weighted by atomic mass is 35.5. The van der Waals surface area contributed by atoms with E-state index in [9.17, 15) is 0 Å². The summed E-state index contributed by atoms with van der Waals surface area (Å²) in [4.78, 5) is 10.4. The van der Waals surface area contributed by atoms with E-state index in [4.69, 9.17) is 5.73 Å². The van der Waals surface area contributed by atoms with Crippen molar-refractivity contribution in [3.8, 4) is 0 Å². The molecular weight excluding hydrogens is 188 g/mol. The molecule has 2 N–H and O–H groups in total. The van der Waals surface area contributed by atoms with Crippen molar-refractivity contribution >= 4 is 18.4 Å². The van der Waals surface area contributed by atoms with Crippen molar-refractivity contribution in [2.45, 2.75) is 12.5 Å². The van der Waals surface area contributed by atoms with Crippen molar-refractivity contribution in [3.63, 3.8) is 0 Å². The van der Waals surface area contributed by atoms with E-state index in [0.29, 0.717) is 0 Å². The fourth-order valence-corrected chi connectivity index (χ4v) is 1.42. The van der Waals surface area contributed by atoms with Gasteiger partial charge >= 0.3 is 0 Å². The molecule has 2 heterocycles. The zero-order valence-corrected chi connectivity index (χ0v) is 8.07. The lowest BCUT2D eigenvalue weighted by molar-refractivity contribution is 0.750. The van der Waals surface area contributed by atoms with Crippen LogP contribution in [0.25, 0.3) is 0 Å². The second kappa shape index (κ2) is 4.39. The lowest BCUT2D eigenvalue weighted by Gasteiger charge is -2.14. The van der Waals surface area contributed by atoms with Crippen molar-refractivity contribution in [1.82, 2.24) is 9.97 Å². The van der Waals surface area contributed by atoms with Gasteiger partial charge in [0.05, 0.1) is 0 Å². The molecule has 0 aliphatic carbocycles. The highest BCUT2D eigenvalue weighted by Crippen LogP contribution is 2.12. The van der Waals surface area contributed by atoms with Gasteiger partial charge in [-0.2, -0.15) is 0 Å². The number of hydrogen-bond acceptors (Lipinski definition) is 4. The predicted molar refractivity (Wildman–Crippen MR) is 54.1 cm³/mol. The first kappa shape index (κ1) is 10.2. The first-order chi connectivity index (χ1) is 5.86. The Morgan fingerprint density at radius 3 is 2.62 bits per heavy atom. The Morgan fingerprint density at radius 2 is 2.08 bits per heavy atom.